The molecule has 138 valence electrons. The number of nitrogens with zero attached hydrogens (tertiary/aromatic N) is 1. The van der Waals surface area contributed by atoms with Crippen molar-refractivity contribution in [3.63, 3.8) is 0 Å². The van der Waals surface area contributed by atoms with Crippen molar-refractivity contribution in [2.75, 3.05) is 24.6 Å². The van der Waals surface area contributed by atoms with Crippen LogP contribution in [0, 0.1) is 11.8 Å². The Labute approximate surface area is 150 Å². The van der Waals surface area contributed by atoms with Crippen LogP contribution in [0.4, 0.5) is 5.69 Å². The van der Waals surface area contributed by atoms with Crippen molar-refractivity contribution >= 4 is 17.5 Å². The zero-order chi connectivity index (χ0) is 18.4. The van der Waals surface area contributed by atoms with Crippen LogP contribution in [0.3, 0.4) is 0 Å². The molecule has 2 rings (SSSR count). The number of carbonyl (C=O) groups excluding carboxylic acids is 2. The van der Waals surface area contributed by atoms with E-state index in [2.05, 4.69) is 25.2 Å². The van der Waals surface area contributed by atoms with Crippen LogP contribution in [0.1, 0.15) is 51.5 Å². The summed E-state index contributed by atoms with van der Waals surface area (Å²) in [6.45, 7) is 7.38. The van der Waals surface area contributed by atoms with Crippen LogP contribution in [0.5, 0.6) is 0 Å². The lowest BCUT2D eigenvalue weighted by Gasteiger charge is -2.23. The van der Waals surface area contributed by atoms with Crippen LogP contribution < -0.4 is 10.2 Å². The lowest BCUT2D eigenvalue weighted by atomic mass is 9.96. The highest BCUT2D eigenvalue weighted by Crippen LogP contribution is 2.33. The predicted molar refractivity (Wildman–Crippen MR) is 99.5 cm³/mol. The average molecular weight is 346 g/mol. The van der Waals surface area contributed by atoms with Gasteiger partial charge in [-0.05, 0) is 36.3 Å². The summed E-state index contributed by atoms with van der Waals surface area (Å²) in [5, 5.41) is 11.9. The van der Waals surface area contributed by atoms with Crippen molar-refractivity contribution in [2.45, 2.75) is 46.0 Å². The number of carbonyl (C=O) groups is 2. The largest absolute Gasteiger partial charge is 0.396 e. The summed E-state index contributed by atoms with van der Waals surface area (Å²) in [4.78, 5) is 26.7. The second-order valence-corrected chi connectivity index (χ2v) is 7.14. The molecule has 1 aliphatic rings. The standard InChI is InChI=1S/C20H30N2O3/c1-4-15(3)17-7-5-6-8-18(17)22-13-16(11-19(22)24)20(25)21-12-14(2)9-10-23/h5-8,14-16,23H,4,9-13H2,1-3H3,(H,21,25). The summed E-state index contributed by atoms with van der Waals surface area (Å²) in [6, 6.07) is 7.99. The third kappa shape index (κ3) is 4.82. The number of benzene rings is 1. The maximum atomic E-state index is 12.5. The van der Waals surface area contributed by atoms with Gasteiger partial charge in [0.15, 0.2) is 0 Å². The molecule has 1 fully saturated rings. The molecule has 0 radical (unpaired) electrons. The molecule has 25 heavy (non-hydrogen) atoms. The van der Waals surface area contributed by atoms with Gasteiger partial charge in [-0.3, -0.25) is 9.59 Å². The number of aliphatic hydroxyl groups is 1. The summed E-state index contributed by atoms with van der Waals surface area (Å²) in [7, 11) is 0. The van der Waals surface area contributed by atoms with Crippen molar-refractivity contribution in [3.8, 4) is 0 Å². The molecule has 3 unspecified atom stereocenters. The van der Waals surface area contributed by atoms with E-state index in [9.17, 15) is 9.59 Å². The first-order chi connectivity index (χ1) is 12.0. The van der Waals surface area contributed by atoms with Crippen LogP contribution in [0.25, 0.3) is 0 Å². The maximum absolute atomic E-state index is 12.5. The zero-order valence-electron chi connectivity index (χ0n) is 15.5. The smallest absolute Gasteiger partial charge is 0.227 e. The molecule has 2 amide bonds. The molecule has 1 heterocycles. The van der Waals surface area contributed by atoms with Gasteiger partial charge in [0.2, 0.25) is 11.8 Å². The first-order valence-electron chi connectivity index (χ1n) is 9.25. The number of rotatable bonds is 8. The maximum Gasteiger partial charge on any atom is 0.227 e. The van der Waals surface area contributed by atoms with Gasteiger partial charge in [-0.2, -0.15) is 0 Å². The van der Waals surface area contributed by atoms with Gasteiger partial charge in [-0.15, -0.1) is 0 Å². The summed E-state index contributed by atoms with van der Waals surface area (Å²) < 4.78 is 0. The minimum absolute atomic E-state index is 0.0132. The fourth-order valence-corrected chi connectivity index (χ4v) is 3.23. The molecule has 1 aromatic carbocycles. The van der Waals surface area contributed by atoms with Crippen LogP contribution in [0.15, 0.2) is 24.3 Å². The van der Waals surface area contributed by atoms with E-state index >= 15 is 0 Å². The van der Waals surface area contributed by atoms with E-state index in [1.165, 1.54) is 0 Å². The molecule has 0 spiro atoms. The number of aliphatic hydroxyl groups excluding tert-OH is 1. The molecule has 1 aliphatic heterocycles. The molecule has 2 N–H and O–H groups in total. The molecule has 0 aromatic heterocycles. The van der Waals surface area contributed by atoms with E-state index in [0.29, 0.717) is 25.4 Å². The fraction of sp³-hybridized carbons (Fsp3) is 0.600. The quantitative estimate of drug-likeness (QED) is 0.760. The SMILES string of the molecule is CCC(C)c1ccccc1N1CC(C(=O)NCC(C)CCO)CC1=O. The summed E-state index contributed by atoms with van der Waals surface area (Å²) in [6.07, 6.45) is 1.93. The van der Waals surface area contributed by atoms with Gasteiger partial charge in [-0.25, -0.2) is 0 Å². The molecule has 0 aliphatic carbocycles. The van der Waals surface area contributed by atoms with Gasteiger partial charge in [-0.1, -0.05) is 39.0 Å². The fourth-order valence-electron chi connectivity index (χ4n) is 3.23. The van der Waals surface area contributed by atoms with Crippen LogP contribution >= 0.6 is 0 Å². The van der Waals surface area contributed by atoms with Gasteiger partial charge in [0, 0.05) is 31.8 Å². The zero-order valence-corrected chi connectivity index (χ0v) is 15.5. The highest BCUT2D eigenvalue weighted by Gasteiger charge is 2.36. The van der Waals surface area contributed by atoms with E-state index in [1.54, 1.807) is 4.90 Å². The van der Waals surface area contributed by atoms with Crippen LogP contribution in [0.2, 0.25) is 0 Å². The van der Waals surface area contributed by atoms with E-state index in [-0.39, 0.29) is 36.7 Å². The van der Waals surface area contributed by atoms with Gasteiger partial charge < -0.3 is 15.3 Å². The number of amides is 2. The van der Waals surface area contributed by atoms with Crippen molar-refractivity contribution in [3.05, 3.63) is 29.8 Å². The van der Waals surface area contributed by atoms with E-state index in [0.717, 1.165) is 17.7 Å². The van der Waals surface area contributed by atoms with Crippen molar-refractivity contribution in [1.29, 1.82) is 0 Å². The van der Waals surface area contributed by atoms with Gasteiger partial charge in [0.05, 0.1) is 5.92 Å². The lowest BCUT2D eigenvalue weighted by Crippen LogP contribution is -2.35. The predicted octanol–water partition coefficient (Wildman–Crippen LogP) is 2.69. The first kappa shape index (κ1) is 19.4. The number of hydrogen-bond donors (Lipinski definition) is 2. The third-order valence-electron chi connectivity index (χ3n) is 5.11. The molecular formula is C20H30N2O3. The highest BCUT2D eigenvalue weighted by molar-refractivity contribution is 6.00. The molecule has 1 aromatic rings. The van der Waals surface area contributed by atoms with Gasteiger partial charge in [0.1, 0.15) is 0 Å². The van der Waals surface area contributed by atoms with Crippen molar-refractivity contribution in [2.24, 2.45) is 11.8 Å². The Kier molecular flexibility index (Phi) is 7.00. The molecule has 1 saturated heterocycles. The molecule has 0 bridgehead atoms. The second kappa shape index (κ2) is 8.99. The highest BCUT2D eigenvalue weighted by atomic mass is 16.3. The Hall–Kier alpha value is -1.88. The monoisotopic (exact) mass is 346 g/mol. The molecule has 3 atom stereocenters. The normalized spacial score (nSPS) is 19.8. The summed E-state index contributed by atoms with van der Waals surface area (Å²) in [5.41, 5.74) is 2.10. The topological polar surface area (TPSA) is 69.6 Å². The molecule has 0 saturated carbocycles. The number of para-hydroxylation sites is 1. The van der Waals surface area contributed by atoms with E-state index < -0.39 is 0 Å². The Morgan fingerprint density at radius 2 is 2.08 bits per heavy atom. The summed E-state index contributed by atoms with van der Waals surface area (Å²) in [5.74, 6) is 0.240. The second-order valence-electron chi connectivity index (χ2n) is 7.14. The molecular weight excluding hydrogens is 316 g/mol. The van der Waals surface area contributed by atoms with Crippen molar-refractivity contribution in [1.82, 2.24) is 5.32 Å². The first-order valence-corrected chi connectivity index (χ1v) is 9.25. The van der Waals surface area contributed by atoms with Gasteiger partial charge in [0.25, 0.3) is 0 Å². The average Bonchev–Trinajstić information content (AvgIpc) is 3.01. The summed E-state index contributed by atoms with van der Waals surface area (Å²) >= 11 is 0. The number of hydrogen-bond acceptors (Lipinski definition) is 3. The Balaban J connectivity index is 2.04. The minimum Gasteiger partial charge on any atom is -0.396 e. The Morgan fingerprint density at radius 1 is 1.36 bits per heavy atom. The van der Waals surface area contributed by atoms with Gasteiger partial charge >= 0.3 is 0 Å². The van der Waals surface area contributed by atoms with Crippen LogP contribution in [-0.2, 0) is 9.59 Å². The lowest BCUT2D eigenvalue weighted by molar-refractivity contribution is -0.126. The van der Waals surface area contributed by atoms with E-state index in [4.69, 9.17) is 5.11 Å². The van der Waals surface area contributed by atoms with Crippen molar-refractivity contribution < 1.29 is 14.7 Å². The minimum atomic E-state index is -0.307. The third-order valence-corrected chi connectivity index (χ3v) is 5.11. The Morgan fingerprint density at radius 3 is 2.76 bits per heavy atom. The number of nitrogens with one attached hydrogen (secondary N) is 1. The molecule has 5 heteroatoms. The van der Waals surface area contributed by atoms with E-state index in [1.807, 2.05) is 25.1 Å². The Bertz CT molecular complexity index is 602. The molecule has 5 nitrogen and oxygen atoms in total. The number of anilines is 1. The van der Waals surface area contributed by atoms with Crippen LogP contribution in [-0.4, -0.2) is 36.6 Å².